The van der Waals surface area contributed by atoms with Gasteiger partial charge in [0.2, 0.25) is 0 Å². The largest absolute Gasteiger partial charge is 0.481 e. The average molecular weight is 254 g/mol. The Morgan fingerprint density at radius 2 is 2.11 bits per heavy atom. The predicted molar refractivity (Wildman–Crippen MR) is 65.0 cm³/mol. The zero-order chi connectivity index (χ0) is 13.7. The first-order valence-electron chi connectivity index (χ1n) is 5.41. The first-order valence-corrected chi connectivity index (χ1v) is 5.41. The zero-order valence-corrected chi connectivity index (χ0v) is 10.2. The fourth-order valence-electron chi connectivity index (χ4n) is 1.36. The van der Waals surface area contributed by atoms with Crippen LogP contribution >= 0.6 is 0 Å². The van der Waals surface area contributed by atoms with Gasteiger partial charge >= 0.3 is 12.0 Å². The van der Waals surface area contributed by atoms with E-state index >= 15 is 0 Å². The van der Waals surface area contributed by atoms with Gasteiger partial charge in [-0.25, -0.2) is 9.18 Å². The number of para-hydroxylation sites is 1. The van der Waals surface area contributed by atoms with Crippen LogP contribution in [0.4, 0.5) is 14.9 Å². The molecule has 0 fully saturated rings. The van der Waals surface area contributed by atoms with Crippen molar-refractivity contribution in [1.29, 1.82) is 0 Å². The Hall–Kier alpha value is -2.11. The average Bonchev–Trinajstić information content (AvgIpc) is 2.30. The van der Waals surface area contributed by atoms with Gasteiger partial charge in [-0.1, -0.05) is 12.1 Å². The van der Waals surface area contributed by atoms with Gasteiger partial charge in [0.15, 0.2) is 0 Å². The Bertz CT molecular complexity index is 442. The van der Waals surface area contributed by atoms with Crippen molar-refractivity contribution in [2.45, 2.75) is 13.3 Å². The highest BCUT2D eigenvalue weighted by molar-refractivity contribution is 5.90. The Kier molecular flexibility index (Phi) is 4.65. The molecule has 0 aliphatic heterocycles. The number of nitrogens with zero attached hydrogens (tertiary/aromatic N) is 1. The van der Waals surface area contributed by atoms with Crippen molar-refractivity contribution in [2.75, 3.05) is 18.9 Å². The van der Waals surface area contributed by atoms with E-state index in [1.54, 1.807) is 19.1 Å². The van der Waals surface area contributed by atoms with Crippen molar-refractivity contribution < 1.29 is 19.1 Å². The van der Waals surface area contributed by atoms with Crippen LogP contribution < -0.4 is 5.32 Å². The van der Waals surface area contributed by atoms with Crippen LogP contribution in [0.2, 0.25) is 0 Å². The molecule has 2 N–H and O–H groups in total. The van der Waals surface area contributed by atoms with Gasteiger partial charge in [0.25, 0.3) is 0 Å². The molecule has 0 heterocycles. The number of anilines is 1. The number of amides is 2. The number of hydrogen-bond donors (Lipinski definition) is 2. The normalized spacial score (nSPS) is 9.94. The molecule has 0 unspecified atom stereocenters. The highest BCUT2D eigenvalue weighted by atomic mass is 19.1. The first-order chi connectivity index (χ1) is 8.41. The molecule has 0 aliphatic rings. The summed E-state index contributed by atoms with van der Waals surface area (Å²) in [5, 5.41) is 10.9. The Balaban J connectivity index is 2.67. The third-order valence-corrected chi connectivity index (χ3v) is 2.46. The summed E-state index contributed by atoms with van der Waals surface area (Å²) in [5.74, 6) is -1.51. The van der Waals surface area contributed by atoms with Crippen LogP contribution in [0.1, 0.15) is 12.0 Å². The second-order valence-corrected chi connectivity index (χ2v) is 3.93. The van der Waals surface area contributed by atoms with Crippen LogP contribution in [0, 0.1) is 12.7 Å². The van der Waals surface area contributed by atoms with Crippen LogP contribution in [0.25, 0.3) is 0 Å². The number of benzene rings is 1. The van der Waals surface area contributed by atoms with E-state index in [0.717, 1.165) is 0 Å². The second kappa shape index (κ2) is 6.00. The van der Waals surface area contributed by atoms with E-state index < -0.39 is 17.8 Å². The lowest BCUT2D eigenvalue weighted by atomic mass is 10.2. The maximum atomic E-state index is 13.5. The fourth-order valence-corrected chi connectivity index (χ4v) is 1.36. The van der Waals surface area contributed by atoms with Gasteiger partial charge in [-0.05, 0) is 18.6 Å². The molecule has 1 aromatic rings. The highest BCUT2D eigenvalue weighted by Crippen LogP contribution is 2.18. The van der Waals surface area contributed by atoms with Gasteiger partial charge in [-0.2, -0.15) is 0 Å². The van der Waals surface area contributed by atoms with E-state index in [1.807, 2.05) is 0 Å². The van der Waals surface area contributed by atoms with Crippen LogP contribution in [-0.2, 0) is 4.79 Å². The summed E-state index contributed by atoms with van der Waals surface area (Å²) >= 11 is 0. The minimum Gasteiger partial charge on any atom is -0.481 e. The standard InChI is InChI=1S/C12H15FN2O3/c1-8-4-3-5-9(13)11(8)14-12(18)15(2)7-6-10(16)17/h3-5H,6-7H2,1-2H3,(H,14,18)(H,16,17). The number of halogens is 1. The molecule has 2 amide bonds. The molecule has 0 saturated heterocycles. The smallest absolute Gasteiger partial charge is 0.321 e. The van der Waals surface area contributed by atoms with Crippen molar-refractivity contribution >= 4 is 17.7 Å². The van der Waals surface area contributed by atoms with Crippen molar-refractivity contribution in [3.8, 4) is 0 Å². The van der Waals surface area contributed by atoms with Crippen molar-refractivity contribution in [3.05, 3.63) is 29.6 Å². The molecule has 18 heavy (non-hydrogen) atoms. The molecule has 1 aromatic carbocycles. The molecule has 0 saturated carbocycles. The quantitative estimate of drug-likeness (QED) is 0.864. The molecular formula is C12H15FN2O3. The van der Waals surface area contributed by atoms with Gasteiger partial charge in [-0.3, -0.25) is 4.79 Å². The van der Waals surface area contributed by atoms with Crippen LogP contribution in [0.3, 0.4) is 0 Å². The highest BCUT2D eigenvalue weighted by Gasteiger charge is 2.13. The minimum atomic E-state index is -0.989. The molecule has 5 nitrogen and oxygen atoms in total. The van der Waals surface area contributed by atoms with Gasteiger partial charge in [-0.15, -0.1) is 0 Å². The van der Waals surface area contributed by atoms with E-state index in [0.29, 0.717) is 5.56 Å². The number of rotatable bonds is 4. The molecular weight excluding hydrogens is 239 g/mol. The van der Waals surface area contributed by atoms with E-state index in [2.05, 4.69) is 5.32 Å². The number of carboxylic acid groups (broad SMARTS) is 1. The lowest BCUT2D eigenvalue weighted by Crippen LogP contribution is -2.33. The Morgan fingerprint density at radius 1 is 1.44 bits per heavy atom. The lowest BCUT2D eigenvalue weighted by molar-refractivity contribution is -0.137. The zero-order valence-electron chi connectivity index (χ0n) is 10.2. The predicted octanol–water partition coefficient (Wildman–Crippen LogP) is 2.07. The maximum Gasteiger partial charge on any atom is 0.321 e. The fraction of sp³-hybridized carbons (Fsp3) is 0.333. The number of nitrogens with one attached hydrogen (secondary N) is 1. The van der Waals surface area contributed by atoms with Gasteiger partial charge < -0.3 is 15.3 Å². The maximum absolute atomic E-state index is 13.5. The Labute approximate surface area is 104 Å². The number of aryl methyl sites for hydroxylation is 1. The summed E-state index contributed by atoms with van der Waals surface area (Å²) in [6.45, 7) is 1.74. The molecule has 0 radical (unpaired) electrons. The topological polar surface area (TPSA) is 69.6 Å². The summed E-state index contributed by atoms with van der Waals surface area (Å²) in [5.41, 5.74) is 0.722. The lowest BCUT2D eigenvalue weighted by Gasteiger charge is -2.18. The molecule has 0 bridgehead atoms. The van der Waals surface area contributed by atoms with Gasteiger partial charge in [0.05, 0.1) is 12.1 Å². The molecule has 6 heteroatoms. The van der Waals surface area contributed by atoms with Crippen molar-refractivity contribution in [1.82, 2.24) is 4.90 Å². The first kappa shape index (κ1) is 14.0. The number of carbonyl (C=O) groups excluding carboxylic acids is 1. The number of urea groups is 1. The summed E-state index contributed by atoms with van der Waals surface area (Å²) < 4.78 is 13.5. The molecule has 1 rings (SSSR count). The molecule has 0 spiro atoms. The van der Waals surface area contributed by atoms with Crippen LogP contribution in [0.15, 0.2) is 18.2 Å². The van der Waals surface area contributed by atoms with Crippen LogP contribution in [0.5, 0.6) is 0 Å². The third kappa shape index (κ3) is 3.73. The second-order valence-electron chi connectivity index (χ2n) is 3.93. The summed E-state index contributed by atoms with van der Waals surface area (Å²) in [6.07, 6.45) is -0.153. The minimum absolute atomic E-state index is 0.0642. The number of aliphatic carboxylic acids is 1. The van der Waals surface area contributed by atoms with Gasteiger partial charge in [0.1, 0.15) is 5.82 Å². The van der Waals surface area contributed by atoms with E-state index in [1.165, 1.54) is 18.0 Å². The SMILES string of the molecule is Cc1cccc(F)c1NC(=O)N(C)CCC(=O)O. The summed E-state index contributed by atoms with van der Waals surface area (Å²) in [7, 11) is 1.45. The number of hydrogen-bond acceptors (Lipinski definition) is 2. The summed E-state index contributed by atoms with van der Waals surface area (Å²) in [6, 6.07) is 3.94. The van der Waals surface area contributed by atoms with E-state index in [9.17, 15) is 14.0 Å². The molecule has 0 atom stereocenters. The van der Waals surface area contributed by atoms with Gasteiger partial charge in [0, 0.05) is 13.6 Å². The summed E-state index contributed by atoms with van der Waals surface area (Å²) in [4.78, 5) is 23.3. The van der Waals surface area contributed by atoms with E-state index in [4.69, 9.17) is 5.11 Å². The van der Waals surface area contributed by atoms with Crippen molar-refractivity contribution in [3.63, 3.8) is 0 Å². The van der Waals surface area contributed by atoms with Crippen molar-refractivity contribution in [2.24, 2.45) is 0 Å². The monoisotopic (exact) mass is 254 g/mol. The third-order valence-electron chi connectivity index (χ3n) is 2.46. The number of carbonyl (C=O) groups is 2. The van der Waals surface area contributed by atoms with E-state index in [-0.39, 0.29) is 18.7 Å². The molecule has 0 aromatic heterocycles. The van der Waals surface area contributed by atoms with Crippen LogP contribution in [-0.4, -0.2) is 35.6 Å². The Morgan fingerprint density at radius 3 is 2.67 bits per heavy atom. The number of carboxylic acids is 1. The molecule has 0 aliphatic carbocycles. The molecule has 98 valence electrons.